The van der Waals surface area contributed by atoms with E-state index in [2.05, 4.69) is 17.2 Å². The summed E-state index contributed by atoms with van der Waals surface area (Å²) in [4.78, 5) is 0. The van der Waals surface area contributed by atoms with Gasteiger partial charge in [0, 0.05) is 13.1 Å². The maximum Gasteiger partial charge on any atom is 0.0990 e. The smallest absolute Gasteiger partial charge is 0.0990 e. The van der Waals surface area contributed by atoms with Gasteiger partial charge < -0.3 is 10.6 Å². The summed E-state index contributed by atoms with van der Waals surface area (Å²) in [5.41, 5.74) is 1.08. The molecule has 0 aliphatic carbocycles. The van der Waals surface area contributed by atoms with Gasteiger partial charge in [-0.25, -0.2) is 0 Å². The molecule has 2 N–H and O–H groups in total. The van der Waals surface area contributed by atoms with E-state index < -0.39 is 0 Å². The SMILES string of the molecule is C=C(C)C=C1NCCN1. The van der Waals surface area contributed by atoms with Crippen molar-refractivity contribution in [1.29, 1.82) is 0 Å². The fourth-order valence-electron chi connectivity index (χ4n) is 0.805. The molecule has 0 aromatic heterocycles. The lowest BCUT2D eigenvalue weighted by Crippen LogP contribution is -2.09. The third kappa shape index (κ3) is 1.80. The molecule has 1 aliphatic rings. The predicted octanol–water partition coefficient (Wildman–Crippen LogP) is 0.597. The highest BCUT2D eigenvalue weighted by Crippen LogP contribution is 1.95. The lowest BCUT2D eigenvalue weighted by molar-refractivity contribution is 0.942. The van der Waals surface area contributed by atoms with Crippen molar-refractivity contribution in [1.82, 2.24) is 10.6 Å². The van der Waals surface area contributed by atoms with Gasteiger partial charge in [0.25, 0.3) is 0 Å². The molecular weight excluding hydrogens is 112 g/mol. The summed E-state index contributed by atoms with van der Waals surface area (Å²) in [6.45, 7) is 7.80. The van der Waals surface area contributed by atoms with E-state index in [4.69, 9.17) is 0 Å². The van der Waals surface area contributed by atoms with Gasteiger partial charge in [-0.05, 0) is 13.0 Å². The normalized spacial score (nSPS) is 16.3. The van der Waals surface area contributed by atoms with Gasteiger partial charge in [0.15, 0.2) is 0 Å². The van der Waals surface area contributed by atoms with Gasteiger partial charge in [0.1, 0.15) is 0 Å². The van der Waals surface area contributed by atoms with Crippen molar-refractivity contribution in [3.8, 4) is 0 Å². The van der Waals surface area contributed by atoms with Crippen molar-refractivity contribution < 1.29 is 0 Å². The topological polar surface area (TPSA) is 24.1 Å². The van der Waals surface area contributed by atoms with Crippen molar-refractivity contribution in [2.45, 2.75) is 6.92 Å². The van der Waals surface area contributed by atoms with Crippen LogP contribution in [0.25, 0.3) is 0 Å². The van der Waals surface area contributed by atoms with Crippen molar-refractivity contribution >= 4 is 0 Å². The zero-order valence-electron chi connectivity index (χ0n) is 5.70. The van der Waals surface area contributed by atoms with Crippen LogP contribution in [0.5, 0.6) is 0 Å². The van der Waals surface area contributed by atoms with Gasteiger partial charge in [-0.1, -0.05) is 12.2 Å². The van der Waals surface area contributed by atoms with Crippen LogP contribution in [-0.4, -0.2) is 13.1 Å². The maximum atomic E-state index is 3.76. The largest absolute Gasteiger partial charge is 0.370 e. The highest BCUT2D eigenvalue weighted by molar-refractivity contribution is 5.17. The molecular formula is C7H12N2. The van der Waals surface area contributed by atoms with E-state index in [1.165, 1.54) is 0 Å². The summed E-state index contributed by atoms with van der Waals surface area (Å²) >= 11 is 0. The van der Waals surface area contributed by atoms with Crippen LogP contribution in [0, 0.1) is 0 Å². The zero-order valence-corrected chi connectivity index (χ0v) is 5.70. The van der Waals surface area contributed by atoms with Crippen LogP contribution in [0.3, 0.4) is 0 Å². The molecule has 2 heteroatoms. The standard InChI is InChI=1S/C7H12N2/c1-6(2)5-7-8-3-4-9-7/h5,8-9H,1,3-4H2,2H3. The van der Waals surface area contributed by atoms with Crippen LogP contribution in [0.1, 0.15) is 6.92 Å². The summed E-state index contributed by atoms with van der Waals surface area (Å²) in [6, 6.07) is 0. The summed E-state index contributed by atoms with van der Waals surface area (Å²) in [5, 5.41) is 6.35. The van der Waals surface area contributed by atoms with Gasteiger partial charge in [0.2, 0.25) is 0 Å². The second-order valence-electron chi connectivity index (χ2n) is 2.26. The molecule has 1 saturated heterocycles. The Labute approximate surface area is 55.6 Å². The van der Waals surface area contributed by atoms with E-state index in [-0.39, 0.29) is 0 Å². The van der Waals surface area contributed by atoms with Crippen molar-refractivity contribution in [3.05, 3.63) is 24.0 Å². The average Bonchev–Trinajstić information content (AvgIpc) is 2.15. The molecule has 0 aromatic carbocycles. The molecule has 0 aromatic rings. The first-order valence-electron chi connectivity index (χ1n) is 3.14. The van der Waals surface area contributed by atoms with E-state index in [1.54, 1.807) is 0 Å². The molecule has 0 radical (unpaired) electrons. The van der Waals surface area contributed by atoms with E-state index in [9.17, 15) is 0 Å². The molecule has 0 spiro atoms. The first-order chi connectivity index (χ1) is 4.29. The van der Waals surface area contributed by atoms with Crippen LogP contribution >= 0.6 is 0 Å². The molecule has 0 atom stereocenters. The molecule has 1 rings (SSSR count). The summed E-state index contributed by atoms with van der Waals surface area (Å²) in [5.74, 6) is 1.10. The Bertz CT molecular complexity index is 139. The molecule has 1 aliphatic heterocycles. The number of hydrogen-bond donors (Lipinski definition) is 2. The average molecular weight is 124 g/mol. The quantitative estimate of drug-likeness (QED) is 0.535. The number of allylic oxidation sites excluding steroid dienone is 2. The molecule has 50 valence electrons. The fourth-order valence-corrected chi connectivity index (χ4v) is 0.805. The molecule has 1 fully saturated rings. The van der Waals surface area contributed by atoms with Gasteiger partial charge >= 0.3 is 0 Å². The number of nitrogens with one attached hydrogen (secondary N) is 2. The minimum Gasteiger partial charge on any atom is -0.370 e. The maximum absolute atomic E-state index is 3.76. The third-order valence-electron chi connectivity index (χ3n) is 1.15. The van der Waals surface area contributed by atoms with Crippen LogP contribution < -0.4 is 10.6 Å². The second-order valence-corrected chi connectivity index (χ2v) is 2.26. The lowest BCUT2D eigenvalue weighted by Gasteiger charge is -1.96. The Morgan fingerprint density at radius 2 is 2.11 bits per heavy atom. The zero-order chi connectivity index (χ0) is 6.69. The highest BCUT2D eigenvalue weighted by atomic mass is 15.2. The molecule has 0 bridgehead atoms. The Hall–Kier alpha value is -0.920. The van der Waals surface area contributed by atoms with E-state index in [0.717, 1.165) is 24.5 Å². The minimum absolute atomic E-state index is 1.03. The van der Waals surface area contributed by atoms with Crippen molar-refractivity contribution in [2.75, 3.05) is 13.1 Å². The molecule has 0 saturated carbocycles. The molecule has 0 unspecified atom stereocenters. The van der Waals surface area contributed by atoms with Gasteiger partial charge in [-0.15, -0.1) is 0 Å². The molecule has 9 heavy (non-hydrogen) atoms. The Balaban J connectivity index is 2.49. The monoisotopic (exact) mass is 124 g/mol. The lowest BCUT2D eigenvalue weighted by atomic mass is 10.3. The second kappa shape index (κ2) is 2.58. The van der Waals surface area contributed by atoms with Crippen LogP contribution in [0.4, 0.5) is 0 Å². The summed E-state index contributed by atoms with van der Waals surface area (Å²) in [6.07, 6.45) is 2.01. The third-order valence-corrected chi connectivity index (χ3v) is 1.15. The predicted molar refractivity (Wildman–Crippen MR) is 38.9 cm³/mol. The Kier molecular flexibility index (Phi) is 1.78. The summed E-state index contributed by atoms with van der Waals surface area (Å²) < 4.78 is 0. The Morgan fingerprint density at radius 1 is 1.56 bits per heavy atom. The summed E-state index contributed by atoms with van der Waals surface area (Å²) in [7, 11) is 0. The van der Waals surface area contributed by atoms with E-state index >= 15 is 0 Å². The van der Waals surface area contributed by atoms with Gasteiger partial charge in [-0.3, -0.25) is 0 Å². The van der Waals surface area contributed by atoms with E-state index in [1.807, 2.05) is 13.0 Å². The molecule has 2 nitrogen and oxygen atoms in total. The Morgan fingerprint density at radius 3 is 2.56 bits per heavy atom. The van der Waals surface area contributed by atoms with Crippen LogP contribution in [-0.2, 0) is 0 Å². The van der Waals surface area contributed by atoms with Crippen LogP contribution in [0.2, 0.25) is 0 Å². The first-order valence-corrected chi connectivity index (χ1v) is 3.14. The number of rotatable bonds is 1. The fraction of sp³-hybridized carbons (Fsp3) is 0.429. The molecule has 1 heterocycles. The highest BCUT2D eigenvalue weighted by Gasteiger charge is 2.00. The van der Waals surface area contributed by atoms with Crippen molar-refractivity contribution in [2.24, 2.45) is 0 Å². The van der Waals surface area contributed by atoms with Gasteiger partial charge in [0.05, 0.1) is 5.82 Å². The first kappa shape index (κ1) is 6.20. The van der Waals surface area contributed by atoms with Gasteiger partial charge in [-0.2, -0.15) is 0 Å². The number of hydrogen-bond acceptors (Lipinski definition) is 2. The minimum atomic E-state index is 1.03. The molecule has 0 amide bonds. The van der Waals surface area contributed by atoms with Crippen LogP contribution in [0.15, 0.2) is 24.0 Å². The van der Waals surface area contributed by atoms with E-state index in [0.29, 0.717) is 0 Å². The van der Waals surface area contributed by atoms with Crippen molar-refractivity contribution in [3.63, 3.8) is 0 Å².